The molecule has 0 spiro atoms. The van der Waals surface area contributed by atoms with Crippen molar-refractivity contribution in [3.05, 3.63) is 0 Å². The van der Waals surface area contributed by atoms with Gasteiger partial charge in [-0.15, -0.1) is 12.3 Å². The summed E-state index contributed by atoms with van der Waals surface area (Å²) in [5.41, 5.74) is 0. The largest absolute Gasteiger partial charge is 0.381 e. The Morgan fingerprint density at radius 1 is 0.760 bits per heavy atom. The van der Waals surface area contributed by atoms with Crippen molar-refractivity contribution in [2.24, 2.45) is 0 Å². The van der Waals surface area contributed by atoms with Crippen LogP contribution in [0.15, 0.2) is 0 Å². The molecule has 1 rings (SSSR count). The minimum atomic E-state index is 0.0386. The third-order valence-corrected chi connectivity index (χ3v) is 4.73. The Morgan fingerprint density at radius 2 is 1.40 bits per heavy atom. The summed E-state index contributed by atoms with van der Waals surface area (Å²) >= 11 is 0. The summed E-state index contributed by atoms with van der Waals surface area (Å²) in [6.07, 6.45) is 23.9. The second-order valence-corrected chi connectivity index (χ2v) is 7.12. The van der Waals surface area contributed by atoms with Crippen LogP contribution < -0.4 is 0 Å². The topological polar surface area (TPSA) is 27.7 Å². The smallest absolute Gasteiger partial charge is 0.157 e. The molecule has 0 aromatic rings. The SMILES string of the molecule is C#CCCCCCCCCCCCCOCCCOC1CCCCO1. The van der Waals surface area contributed by atoms with Gasteiger partial charge in [-0.1, -0.05) is 51.4 Å². The van der Waals surface area contributed by atoms with Gasteiger partial charge in [0.25, 0.3) is 0 Å². The van der Waals surface area contributed by atoms with Gasteiger partial charge in [0.1, 0.15) is 0 Å². The van der Waals surface area contributed by atoms with Gasteiger partial charge in [0.15, 0.2) is 6.29 Å². The molecule has 0 aromatic heterocycles. The molecule has 0 aromatic carbocycles. The highest BCUT2D eigenvalue weighted by Gasteiger charge is 2.13. The van der Waals surface area contributed by atoms with Gasteiger partial charge >= 0.3 is 0 Å². The molecule has 0 bridgehead atoms. The van der Waals surface area contributed by atoms with Crippen LogP contribution in [-0.2, 0) is 14.2 Å². The molecule has 0 saturated carbocycles. The summed E-state index contributed by atoms with van der Waals surface area (Å²) < 4.78 is 16.9. The molecule has 3 heteroatoms. The molecule has 25 heavy (non-hydrogen) atoms. The summed E-state index contributed by atoms with van der Waals surface area (Å²) in [6, 6.07) is 0. The van der Waals surface area contributed by atoms with E-state index in [4.69, 9.17) is 20.6 Å². The predicted octanol–water partition coefficient (Wildman–Crippen LogP) is 5.86. The highest BCUT2D eigenvalue weighted by Crippen LogP contribution is 2.14. The first-order valence-corrected chi connectivity index (χ1v) is 10.7. The van der Waals surface area contributed by atoms with Gasteiger partial charge in [-0.05, 0) is 38.5 Å². The molecule has 1 heterocycles. The lowest BCUT2D eigenvalue weighted by Crippen LogP contribution is -2.23. The Hall–Kier alpha value is -0.560. The van der Waals surface area contributed by atoms with Crippen LogP contribution in [0.5, 0.6) is 0 Å². The average molecular weight is 353 g/mol. The van der Waals surface area contributed by atoms with E-state index in [1.807, 2.05) is 0 Å². The third-order valence-electron chi connectivity index (χ3n) is 4.73. The number of hydrogen-bond acceptors (Lipinski definition) is 3. The number of ether oxygens (including phenoxy) is 3. The Bertz CT molecular complexity index is 305. The van der Waals surface area contributed by atoms with Crippen LogP contribution in [0.3, 0.4) is 0 Å². The molecule has 0 radical (unpaired) electrons. The molecule has 1 aliphatic heterocycles. The minimum Gasteiger partial charge on any atom is -0.381 e. The highest BCUT2D eigenvalue weighted by molar-refractivity contribution is 4.82. The molecule has 146 valence electrons. The third kappa shape index (κ3) is 15.4. The van der Waals surface area contributed by atoms with Crippen molar-refractivity contribution in [2.75, 3.05) is 26.4 Å². The van der Waals surface area contributed by atoms with E-state index in [9.17, 15) is 0 Å². The summed E-state index contributed by atoms with van der Waals surface area (Å²) in [7, 11) is 0. The molecular weight excluding hydrogens is 312 g/mol. The molecule has 1 aliphatic rings. The van der Waals surface area contributed by atoms with E-state index in [0.717, 1.165) is 45.7 Å². The van der Waals surface area contributed by atoms with Crippen molar-refractivity contribution in [2.45, 2.75) is 103 Å². The molecule has 1 atom stereocenters. The van der Waals surface area contributed by atoms with Gasteiger partial charge in [0.05, 0.1) is 6.61 Å². The quantitative estimate of drug-likeness (QED) is 0.242. The van der Waals surface area contributed by atoms with Crippen molar-refractivity contribution in [1.82, 2.24) is 0 Å². The lowest BCUT2D eigenvalue weighted by molar-refractivity contribution is -0.164. The molecular formula is C22H40O3. The Balaban J connectivity index is 1.66. The maximum Gasteiger partial charge on any atom is 0.157 e. The van der Waals surface area contributed by atoms with Crippen LogP contribution in [0, 0.1) is 12.3 Å². The van der Waals surface area contributed by atoms with E-state index in [0.29, 0.717) is 0 Å². The Kier molecular flexibility index (Phi) is 16.4. The second kappa shape index (κ2) is 18.2. The van der Waals surface area contributed by atoms with E-state index in [-0.39, 0.29) is 6.29 Å². The zero-order valence-electron chi connectivity index (χ0n) is 16.3. The highest BCUT2D eigenvalue weighted by atomic mass is 16.7. The Morgan fingerprint density at radius 3 is 2.04 bits per heavy atom. The number of unbranched alkanes of at least 4 members (excludes halogenated alkanes) is 10. The van der Waals surface area contributed by atoms with Crippen LogP contribution in [0.2, 0.25) is 0 Å². The number of rotatable bonds is 17. The van der Waals surface area contributed by atoms with Crippen LogP contribution >= 0.6 is 0 Å². The van der Waals surface area contributed by atoms with Crippen LogP contribution in [-0.4, -0.2) is 32.7 Å². The fourth-order valence-corrected chi connectivity index (χ4v) is 3.17. The van der Waals surface area contributed by atoms with Crippen molar-refractivity contribution in [1.29, 1.82) is 0 Å². The summed E-state index contributed by atoms with van der Waals surface area (Å²) in [4.78, 5) is 0. The van der Waals surface area contributed by atoms with E-state index in [1.165, 1.54) is 77.0 Å². The van der Waals surface area contributed by atoms with Crippen LogP contribution in [0.25, 0.3) is 0 Å². The maximum atomic E-state index is 5.69. The first-order chi connectivity index (χ1) is 12.4. The molecule has 1 saturated heterocycles. The lowest BCUT2D eigenvalue weighted by atomic mass is 10.1. The van der Waals surface area contributed by atoms with Gasteiger partial charge in [-0.25, -0.2) is 0 Å². The first kappa shape index (κ1) is 22.5. The number of hydrogen-bond donors (Lipinski definition) is 0. The molecule has 3 nitrogen and oxygen atoms in total. The standard InChI is InChI=1S/C22H40O3/c1-2-3-4-5-6-7-8-9-10-11-12-14-18-23-19-16-21-25-22-17-13-15-20-24-22/h1,22H,3-21H2. The van der Waals surface area contributed by atoms with E-state index < -0.39 is 0 Å². The maximum absolute atomic E-state index is 5.69. The monoisotopic (exact) mass is 352 g/mol. The molecule has 1 fully saturated rings. The van der Waals surface area contributed by atoms with Gasteiger partial charge in [-0.2, -0.15) is 0 Å². The van der Waals surface area contributed by atoms with Gasteiger partial charge in [-0.3, -0.25) is 0 Å². The van der Waals surface area contributed by atoms with Gasteiger partial charge < -0.3 is 14.2 Å². The van der Waals surface area contributed by atoms with Gasteiger partial charge in [0, 0.05) is 26.2 Å². The Labute approximate surface area is 156 Å². The van der Waals surface area contributed by atoms with Crippen molar-refractivity contribution < 1.29 is 14.2 Å². The van der Waals surface area contributed by atoms with E-state index in [2.05, 4.69) is 5.92 Å². The lowest BCUT2D eigenvalue weighted by Gasteiger charge is -2.22. The predicted molar refractivity (Wildman–Crippen MR) is 105 cm³/mol. The second-order valence-electron chi connectivity index (χ2n) is 7.12. The molecule has 0 N–H and O–H groups in total. The molecule has 0 amide bonds. The zero-order chi connectivity index (χ0) is 17.8. The first-order valence-electron chi connectivity index (χ1n) is 10.7. The normalized spacial score (nSPS) is 17.5. The molecule has 1 unspecified atom stereocenters. The van der Waals surface area contributed by atoms with Crippen molar-refractivity contribution >= 4 is 0 Å². The molecule has 0 aliphatic carbocycles. The zero-order valence-corrected chi connectivity index (χ0v) is 16.3. The summed E-state index contributed by atoms with van der Waals surface area (Å²) in [6.45, 7) is 3.32. The van der Waals surface area contributed by atoms with Crippen molar-refractivity contribution in [3.8, 4) is 12.3 Å². The van der Waals surface area contributed by atoms with E-state index >= 15 is 0 Å². The average Bonchev–Trinajstić information content (AvgIpc) is 2.65. The number of terminal acetylenes is 1. The van der Waals surface area contributed by atoms with Crippen LogP contribution in [0.4, 0.5) is 0 Å². The van der Waals surface area contributed by atoms with E-state index in [1.54, 1.807) is 0 Å². The van der Waals surface area contributed by atoms with Crippen molar-refractivity contribution in [3.63, 3.8) is 0 Å². The fraction of sp³-hybridized carbons (Fsp3) is 0.909. The summed E-state index contributed by atoms with van der Waals surface area (Å²) in [5, 5.41) is 0. The van der Waals surface area contributed by atoms with Gasteiger partial charge in [0.2, 0.25) is 0 Å². The fourth-order valence-electron chi connectivity index (χ4n) is 3.17. The summed E-state index contributed by atoms with van der Waals surface area (Å²) in [5.74, 6) is 2.71. The van der Waals surface area contributed by atoms with Crippen LogP contribution in [0.1, 0.15) is 96.3 Å². The minimum absolute atomic E-state index is 0.0386.